The molecule has 0 saturated carbocycles. The van der Waals surface area contributed by atoms with Crippen LogP contribution in [0, 0.1) is 0 Å². The summed E-state index contributed by atoms with van der Waals surface area (Å²) in [4.78, 5) is 0. The third-order valence-electron chi connectivity index (χ3n) is 6.42. The summed E-state index contributed by atoms with van der Waals surface area (Å²) in [5.74, 6) is 1.15. The lowest BCUT2D eigenvalue weighted by atomic mass is 9.92. The molecule has 1 saturated heterocycles. The number of hydrogen-bond donors (Lipinski definition) is 1. The fraction of sp³-hybridized carbons (Fsp3) is 0.379. The highest BCUT2D eigenvalue weighted by atomic mass is 16.6. The minimum Gasteiger partial charge on any atom is -0.507 e. The van der Waals surface area contributed by atoms with E-state index >= 15 is 0 Å². The summed E-state index contributed by atoms with van der Waals surface area (Å²) in [5, 5.41) is 10.9. The molecule has 0 aromatic heterocycles. The van der Waals surface area contributed by atoms with Crippen molar-refractivity contribution in [3.05, 3.63) is 83.4 Å². The van der Waals surface area contributed by atoms with Gasteiger partial charge in [0.2, 0.25) is 5.75 Å². The molecule has 192 valence electrons. The molecule has 4 atom stereocenters. The third-order valence-corrected chi connectivity index (χ3v) is 6.42. The van der Waals surface area contributed by atoms with Crippen molar-refractivity contribution >= 4 is 0 Å². The molecule has 1 heterocycles. The highest BCUT2D eigenvalue weighted by molar-refractivity contribution is 5.62. The van der Waals surface area contributed by atoms with Crippen LogP contribution in [-0.2, 0) is 27.4 Å². The van der Waals surface area contributed by atoms with Gasteiger partial charge in [0.1, 0.15) is 11.9 Å². The van der Waals surface area contributed by atoms with E-state index < -0.39 is 6.10 Å². The van der Waals surface area contributed by atoms with Crippen molar-refractivity contribution in [2.24, 2.45) is 0 Å². The van der Waals surface area contributed by atoms with Crippen molar-refractivity contribution in [2.75, 3.05) is 21.3 Å². The first-order valence-corrected chi connectivity index (χ1v) is 12.0. The lowest BCUT2D eigenvalue weighted by molar-refractivity contribution is -0.204. The number of ether oxygens (including phenoxy) is 6. The average molecular weight is 495 g/mol. The van der Waals surface area contributed by atoms with Crippen LogP contribution in [0.3, 0.4) is 0 Å². The van der Waals surface area contributed by atoms with Crippen LogP contribution in [-0.4, -0.2) is 44.7 Å². The summed E-state index contributed by atoms with van der Waals surface area (Å²) in [6, 6.07) is 21.6. The van der Waals surface area contributed by atoms with Gasteiger partial charge in [-0.3, -0.25) is 0 Å². The summed E-state index contributed by atoms with van der Waals surface area (Å²) in [6.45, 7) is 2.84. The zero-order valence-electron chi connectivity index (χ0n) is 21.2. The van der Waals surface area contributed by atoms with Gasteiger partial charge in [0.15, 0.2) is 11.5 Å². The molecule has 1 N–H and O–H groups in total. The van der Waals surface area contributed by atoms with Crippen molar-refractivity contribution in [3.63, 3.8) is 0 Å². The van der Waals surface area contributed by atoms with Gasteiger partial charge in [0, 0.05) is 12.5 Å². The molecule has 0 amide bonds. The predicted octanol–water partition coefficient (Wildman–Crippen LogP) is 5.44. The van der Waals surface area contributed by atoms with E-state index in [-0.39, 0.29) is 24.1 Å². The van der Waals surface area contributed by atoms with Crippen LogP contribution in [0.5, 0.6) is 23.0 Å². The van der Waals surface area contributed by atoms with Crippen LogP contribution >= 0.6 is 0 Å². The molecular formula is C29H34O7. The molecule has 1 fully saturated rings. The second-order valence-electron chi connectivity index (χ2n) is 8.74. The Labute approximate surface area is 212 Å². The summed E-state index contributed by atoms with van der Waals surface area (Å²) < 4.78 is 35.8. The van der Waals surface area contributed by atoms with Gasteiger partial charge in [-0.25, -0.2) is 0 Å². The predicted molar refractivity (Wildman–Crippen MR) is 136 cm³/mol. The van der Waals surface area contributed by atoms with Gasteiger partial charge >= 0.3 is 0 Å². The quantitative estimate of drug-likeness (QED) is 0.402. The van der Waals surface area contributed by atoms with E-state index in [1.54, 1.807) is 0 Å². The molecule has 1 aliphatic heterocycles. The average Bonchev–Trinajstić information content (AvgIpc) is 2.91. The van der Waals surface area contributed by atoms with E-state index in [4.69, 9.17) is 28.4 Å². The number of phenols is 1. The minimum atomic E-state index is -0.507. The van der Waals surface area contributed by atoms with Crippen LogP contribution in [0.25, 0.3) is 0 Å². The molecule has 0 radical (unpaired) electrons. The Bertz CT molecular complexity index is 1100. The Morgan fingerprint density at radius 2 is 1.39 bits per heavy atom. The molecule has 0 spiro atoms. The number of benzene rings is 3. The minimum absolute atomic E-state index is 0.00663. The van der Waals surface area contributed by atoms with E-state index in [2.05, 4.69) is 0 Å². The van der Waals surface area contributed by atoms with Gasteiger partial charge in [0.05, 0.1) is 58.4 Å². The summed E-state index contributed by atoms with van der Waals surface area (Å²) in [7, 11) is 4.57. The van der Waals surface area contributed by atoms with Gasteiger partial charge in [-0.1, -0.05) is 60.7 Å². The molecule has 7 nitrogen and oxygen atoms in total. The van der Waals surface area contributed by atoms with Gasteiger partial charge in [-0.2, -0.15) is 0 Å². The van der Waals surface area contributed by atoms with Crippen molar-refractivity contribution in [3.8, 4) is 23.0 Å². The normalized spacial score (nSPS) is 21.7. The summed E-state index contributed by atoms with van der Waals surface area (Å²) in [5.41, 5.74) is 2.64. The zero-order chi connectivity index (χ0) is 25.5. The summed E-state index contributed by atoms with van der Waals surface area (Å²) >= 11 is 0. The Morgan fingerprint density at radius 3 is 1.94 bits per heavy atom. The Kier molecular flexibility index (Phi) is 8.70. The molecular weight excluding hydrogens is 460 g/mol. The van der Waals surface area contributed by atoms with Crippen LogP contribution < -0.4 is 14.2 Å². The van der Waals surface area contributed by atoms with Crippen molar-refractivity contribution in [2.45, 2.75) is 51.0 Å². The number of hydrogen-bond acceptors (Lipinski definition) is 7. The molecule has 7 heteroatoms. The van der Waals surface area contributed by atoms with Crippen molar-refractivity contribution in [1.82, 2.24) is 0 Å². The second kappa shape index (κ2) is 12.1. The fourth-order valence-corrected chi connectivity index (χ4v) is 4.65. The fourth-order valence-electron chi connectivity index (χ4n) is 4.65. The van der Waals surface area contributed by atoms with Crippen molar-refractivity contribution in [1.29, 1.82) is 0 Å². The standard InChI is InChI=1S/C29H34O7/c1-19-27(35-18-21-13-9-6-10-14-21)25(34-17-20-11-7-5-8-12-20)16-23(36-19)26-22(30)15-24(31-2)28(32-3)29(26)33-4/h5-15,19,23,25,27,30H,16-18H2,1-4H3/t19-,23+,25+,27-/m1/s1. The van der Waals surface area contributed by atoms with Gasteiger partial charge < -0.3 is 33.5 Å². The maximum absolute atomic E-state index is 10.9. The van der Waals surface area contributed by atoms with E-state index in [1.807, 2.05) is 67.6 Å². The van der Waals surface area contributed by atoms with E-state index in [9.17, 15) is 5.11 Å². The monoisotopic (exact) mass is 494 g/mol. The first kappa shape index (κ1) is 25.8. The smallest absolute Gasteiger partial charge is 0.203 e. The second-order valence-corrected chi connectivity index (χ2v) is 8.74. The van der Waals surface area contributed by atoms with E-state index in [1.165, 1.54) is 27.4 Å². The van der Waals surface area contributed by atoms with Gasteiger partial charge in [0.25, 0.3) is 0 Å². The van der Waals surface area contributed by atoms with Crippen molar-refractivity contribution < 1.29 is 33.5 Å². The van der Waals surface area contributed by atoms with E-state index in [0.717, 1.165) is 11.1 Å². The molecule has 36 heavy (non-hydrogen) atoms. The van der Waals surface area contributed by atoms with Crippen LogP contribution in [0.15, 0.2) is 66.7 Å². The highest BCUT2D eigenvalue weighted by Crippen LogP contribution is 2.50. The van der Waals surface area contributed by atoms with Crippen LogP contribution in [0.2, 0.25) is 0 Å². The maximum atomic E-state index is 10.9. The molecule has 1 aliphatic rings. The third kappa shape index (κ3) is 5.75. The number of rotatable bonds is 10. The number of phenolic OH excluding ortho intramolecular Hbond substituents is 1. The largest absolute Gasteiger partial charge is 0.507 e. The van der Waals surface area contributed by atoms with Crippen LogP contribution in [0.1, 0.15) is 36.1 Å². The number of methoxy groups -OCH3 is 3. The molecule has 0 unspecified atom stereocenters. The van der Waals surface area contributed by atoms with Crippen LogP contribution in [0.4, 0.5) is 0 Å². The Balaban J connectivity index is 1.62. The van der Waals surface area contributed by atoms with Gasteiger partial charge in [-0.05, 0) is 18.1 Å². The summed E-state index contributed by atoms with van der Waals surface area (Å²) in [6.07, 6.45) is -0.966. The lowest BCUT2D eigenvalue weighted by Crippen LogP contribution is -2.47. The molecule has 0 bridgehead atoms. The molecule has 0 aliphatic carbocycles. The maximum Gasteiger partial charge on any atom is 0.203 e. The lowest BCUT2D eigenvalue weighted by Gasteiger charge is -2.41. The Hall–Kier alpha value is -3.26. The topological polar surface area (TPSA) is 75.6 Å². The first-order valence-electron chi connectivity index (χ1n) is 12.0. The molecule has 3 aromatic rings. The Morgan fingerprint density at radius 1 is 0.806 bits per heavy atom. The number of aromatic hydroxyl groups is 1. The zero-order valence-corrected chi connectivity index (χ0v) is 21.2. The first-order chi connectivity index (χ1) is 17.5. The van der Waals surface area contributed by atoms with Gasteiger partial charge in [-0.15, -0.1) is 0 Å². The highest BCUT2D eigenvalue weighted by Gasteiger charge is 2.41. The van der Waals surface area contributed by atoms with E-state index in [0.29, 0.717) is 42.4 Å². The molecule has 3 aromatic carbocycles. The molecule has 4 rings (SSSR count). The SMILES string of the molecule is COc1cc(O)c([C@@H]2C[C@H](OCc3ccccc3)[C@H](OCc3ccccc3)[C@@H](C)O2)c(OC)c1OC.